The molecule has 6 nitrogen and oxygen atoms in total. The molecule has 0 fully saturated rings. The van der Waals surface area contributed by atoms with Crippen LogP contribution in [0.1, 0.15) is 22.7 Å². The van der Waals surface area contributed by atoms with Crippen molar-refractivity contribution in [1.29, 1.82) is 0 Å². The van der Waals surface area contributed by atoms with Crippen LogP contribution in [0.15, 0.2) is 59.0 Å². The molecule has 2 aromatic carbocycles. The van der Waals surface area contributed by atoms with Crippen LogP contribution < -0.4 is 10.1 Å². The molecule has 0 atom stereocenters. The highest BCUT2D eigenvalue weighted by Gasteiger charge is 2.15. The van der Waals surface area contributed by atoms with E-state index in [0.717, 1.165) is 24.2 Å². The van der Waals surface area contributed by atoms with Gasteiger partial charge in [-0.25, -0.2) is 0 Å². The van der Waals surface area contributed by atoms with E-state index in [4.69, 9.17) is 9.15 Å². The van der Waals surface area contributed by atoms with Gasteiger partial charge in [-0.2, -0.15) is 0 Å². The molecule has 3 aromatic rings. The summed E-state index contributed by atoms with van der Waals surface area (Å²) in [6, 6.07) is 17.3. The van der Waals surface area contributed by atoms with Crippen molar-refractivity contribution in [3.8, 4) is 17.2 Å². The van der Waals surface area contributed by atoms with E-state index in [2.05, 4.69) is 27.6 Å². The number of aromatic nitrogens is 2. The molecular weight excluding hydrogens is 318 g/mol. The van der Waals surface area contributed by atoms with Crippen LogP contribution in [0.4, 0.5) is 0 Å². The smallest absolute Gasteiger partial charge is 0.308 e. The second-order valence-electron chi connectivity index (χ2n) is 5.49. The zero-order valence-corrected chi connectivity index (χ0v) is 13.9. The van der Waals surface area contributed by atoms with Crippen LogP contribution >= 0.6 is 0 Å². The molecule has 0 saturated heterocycles. The summed E-state index contributed by atoms with van der Waals surface area (Å²) in [6.07, 6.45) is 1.75. The van der Waals surface area contributed by atoms with Crippen molar-refractivity contribution in [2.24, 2.45) is 0 Å². The number of carbonyl (C=O) groups is 1. The predicted octanol–water partition coefficient (Wildman–Crippen LogP) is 3.11. The fraction of sp³-hybridized carbons (Fsp3) is 0.211. The minimum Gasteiger partial charge on any atom is -0.497 e. The fourth-order valence-electron chi connectivity index (χ4n) is 2.38. The first kappa shape index (κ1) is 16.7. The Kier molecular flexibility index (Phi) is 5.41. The first-order valence-electron chi connectivity index (χ1n) is 8.06. The molecule has 0 aliphatic rings. The van der Waals surface area contributed by atoms with Crippen molar-refractivity contribution in [3.05, 3.63) is 66.1 Å². The van der Waals surface area contributed by atoms with Gasteiger partial charge in [-0.3, -0.25) is 4.79 Å². The molecule has 1 heterocycles. The molecule has 1 aromatic heterocycles. The number of benzene rings is 2. The number of nitrogens with zero attached hydrogens (tertiary/aromatic N) is 2. The average molecular weight is 337 g/mol. The van der Waals surface area contributed by atoms with Gasteiger partial charge in [0.25, 0.3) is 0 Å². The minimum atomic E-state index is -0.361. The molecule has 0 aliphatic heterocycles. The molecule has 6 heteroatoms. The van der Waals surface area contributed by atoms with Crippen molar-refractivity contribution < 1.29 is 13.9 Å². The zero-order chi connectivity index (χ0) is 17.5. The third kappa shape index (κ3) is 4.44. The van der Waals surface area contributed by atoms with Crippen LogP contribution in [0, 0.1) is 0 Å². The Morgan fingerprint density at radius 1 is 1.08 bits per heavy atom. The van der Waals surface area contributed by atoms with E-state index < -0.39 is 0 Å². The number of hydrogen-bond donors (Lipinski definition) is 1. The van der Waals surface area contributed by atoms with E-state index in [9.17, 15) is 4.79 Å². The highest BCUT2D eigenvalue weighted by molar-refractivity contribution is 5.89. The lowest BCUT2D eigenvalue weighted by molar-refractivity contribution is 0.0919. The van der Waals surface area contributed by atoms with Gasteiger partial charge in [0.2, 0.25) is 5.89 Å². The predicted molar refractivity (Wildman–Crippen MR) is 93.4 cm³/mol. The Bertz CT molecular complexity index is 813. The molecule has 128 valence electrons. The molecule has 3 rings (SSSR count). The summed E-state index contributed by atoms with van der Waals surface area (Å²) < 4.78 is 10.5. The zero-order valence-electron chi connectivity index (χ0n) is 13.9. The first-order chi connectivity index (χ1) is 12.3. The van der Waals surface area contributed by atoms with Gasteiger partial charge >= 0.3 is 11.8 Å². The molecule has 25 heavy (non-hydrogen) atoms. The van der Waals surface area contributed by atoms with E-state index >= 15 is 0 Å². The highest BCUT2D eigenvalue weighted by Crippen LogP contribution is 2.21. The molecular formula is C19H19N3O3. The van der Waals surface area contributed by atoms with Crippen molar-refractivity contribution >= 4 is 5.91 Å². The van der Waals surface area contributed by atoms with Gasteiger partial charge in [-0.1, -0.05) is 30.3 Å². The number of nitrogens with one attached hydrogen (secondary N) is 1. The maximum Gasteiger partial charge on any atom is 0.308 e. The van der Waals surface area contributed by atoms with E-state index in [1.165, 1.54) is 5.56 Å². The molecule has 0 spiro atoms. The molecule has 1 amide bonds. The largest absolute Gasteiger partial charge is 0.497 e. The van der Waals surface area contributed by atoms with E-state index in [1.54, 1.807) is 31.4 Å². The van der Waals surface area contributed by atoms with Gasteiger partial charge in [0.15, 0.2) is 0 Å². The van der Waals surface area contributed by atoms with Gasteiger partial charge in [-0.05, 0) is 42.7 Å². The standard InChI is InChI=1S/C19H19N3O3/c1-24-16-11-9-15(10-12-16)18-21-22-19(25-18)17(23)20-13-5-8-14-6-3-2-4-7-14/h2-4,6-7,9-12H,5,8,13H2,1H3,(H,20,23). The van der Waals surface area contributed by atoms with Gasteiger partial charge in [0, 0.05) is 12.1 Å². The third-order valence-electron chi connectivity index (χ3n) is 3.73. The molecule has 1 N–H and O–H groups in total. The van der Waals surface area contributed by atoms with Crippen molar-refractivity contribution in [2.75, 3.05) is 13.7 Å². The van der Waals surface area contributed by atoms with Crippen LogP contribution in [0.25, 0.3) is 11.5 Å². The minimum absolute atomic E-state index is 0.0365. The average Bonchev–Trinajstić information content (AvgIpc) is 3.16. The second-order valence-corrected chi connectivity index (χ2v) is 5.49. The van der Waals surface area contributed by atoms with Crippen LogP contribution in [0.2, 0.25) is 0 Å². The highest BCUT2D eigenvalue weighted by atomic mass is 16.5. The third-order valence-corrected chi connectivity index (χ3v) is 3.73. The Hall–Kier alpha value is -3.15. The summed E-state index contributed by atoms with van der Waals surface area (Å²) in [5, 5.41) is 10.5. The lowest BCUT2D eigenvalue weighted by Crippen LogP contribution is -2.25. The number of methoxy groups -OCH3 is 1. The topological polar surface area (TPSA) is 77.2 Å². The second kappa shape index (κ2) is 8.10. The van der Waals surface area contributed by atoms with Crippen LogP contribution in [-0.4, -0.2) is 29.8 Å². The summed E-state index contributed by atoms with van der Waals surface area (Å²) in [6.45, 7) is 0.550. The quantitative estimate of drug-likeness (QED) is 0.670. The molecule has 0 bridgehead atoms. The number of hydrogen-bond acceptors (Lipinski definition) is 5. The van der Waals surface area contributed by atoms with Crippen LogP contribution in [0.3, 0.4) is 0 Å². The van der Waals surface area contributed by atoms with Gasteiger partial charge < -0.3 is 14.5 Å². The first-order valence-corrected chi connectivity index (χ1v) is 8.06. The maximum atomic E-state index is 12.1. The van der Waals surface area contributed by atoms with Crippen molar-refractivity contribution in [1.82, 2.24) is 15.5 Å². The molecule has 0 aliphatic carbocycles. The van der Waals surface area contributed by atoms with Crippen molar-refractivity contribution in [2.45, 2.75) is 12.8 Å². The lowest BCUT2D eigenvalue weighted by Gasteiger charge is -2.02. The van der Waals surface area contributed by atoms with Gasteiger partial charge in [0.1, 0.15) is 5.75 Å². The monoisotopic (exact) mass is 337 g/mol. The summed E-state index contributed by atoms with van der Waals surface area (Å²) in [5.74, 6) is 0.641. The fourth-order valence-corrected chi connectivity index (χ4v) is 2.38. The molecule has 0 radical (unpaired) electrons. The van der Waals surface area contributed by atoms with E-state index in [1.807, 2.05) is 18.2 Å². The summed E-state index contributed by atoms with van der Waals surface area (Å²) in [5.41, 5.74) is 1.98. The number of rotatable bonds is 7. The molecule has 0 saturated carbocycles. The number of ether oxygens (including phenoxy) is 1. The van der Waals surface area contributed by atoms with Crippen LogP contribution in [-0.2, 0) is 6.42 Å². The summed E-state index contributed by atoms with van der Waals surface area (Å²) in [4.78, 5) is 12.1. The Morgan fingerprint density at radius 2 is 1.84 bits per heavy atom. The molecule has 0 unspecified atom stereocenters. The number of carbonyl (C=O) groups excluding carboxylic acids is 1. The maximum absolute atomic E-state index is 12.1. The van der Waals surface area contributed by atoms with E-state index in [-0.39, 0.29) is 11.8 Å². The Morgan fingerprint density at radius 3 is 2.56 bits per heavy atom. The van der Waals surface area contributed by atoms with Crippen molar-refractivity contribution in [3.63, 3.8) is 0 Å². The SMILES string of the molecule is COc1ccc(-c2nnc(C(=O)NCCCc3ccccc3)o2)cc1. The van der Waals surface area contributed by atoms with E-state index in [0.29, 0.717) is 12.4 Å². The Balaban J connectivity index is 1.51. The summed E-state index contributed by atoms with van der Waals surface area (Å²) >= 11 is 0. The van der Waals surface area contributed by atoms with Gasteiger partial charge in [-0.15, -0.1) is 10.2 Å². The lowest BCUT2D eigenvalue weighted by atomic mass is 10.1. The normalized spacial score (nSPS) is 10.4. The number of amides is 1. The summed E-state index contributed by atoms with van der Waals surface area (Å²) in [7, 11) is 1.60. The Labute approximate surface area is 145 Å². The van der Waals surface area contributed by atoms with Gasteiger partial charge in [0.05, 0.1) is 7.11 Å². The number of aryl methyl sites for hydroxylation is 1. The van der Waals surface area contributed by atoms with Crippen LogP contribution in [0.5, 0.6) is 5.75 Å².